The molecule has 0 radical (unpaired) electrons. The van der Waals surface area contributed by atoms with Gasteiger partial charge >= 0.3 is 0 Å². The van der Waals surface area contributed by atoms with E-state index in [0.717, 1.165) is 24.8 Å². The molecule has 1 aliphatic carbocycles. The number of nitrogens with zero attached hydrogens (tertiary/aromatic N) is 2. The van der Waals surface area contributed by atoms with E-state index in [4.69, 9.17) is 0 Å². The Labute approximate surface area is 126 Å². The van der Waals surface area contributed by atoms with Gasteiger partial charge in [-0.3, -0.25) is 4.99 Å². The molecule has 0 unspecified atom stereocenters. The molecule has 20 heavy (non-hydrogen) atoms. The Hall–Kier alpha value is -1.10. The summed E-state index contributed by atoms with van der Waals surface area (Å²) in [6.07, 6.45) is 8.07. The Bertz CT molecular complexity index is 433. The number of guanidine groups is 1. The molecular formula is C15H26N4S. The zero-order valence-corrected chi connectivity index (χ0v) is 13.6. The average Bonchev–Trinajstić information content (AvgIpc) is 2.85. The number of aromatic nitrogens is 1. The number of hydrogen-bond acceptors (Lipinski definition) is 3. The van der Waals surface area contributed by atoms with Crippen molar-refractivity contribution in [2.24, 2.45) is 10.9 Å². The van der Waals surface area contributed by atoms with E-state index < -0.39 is 0 Å². The van der Waals surface area contributed by atoms with Crippen molar-refractivity contribution in [2.75, 3.05) is 13.6 Å². The molecule has 1 heterocycles. The van der Waals surface area contributed by atoms with Crippen molar-refractivity contribution in [2.45, 2.75) is 52.0 Å². The molecule has 0 aromatic carbocycles. The molecule has 1 aromatic heterocycles. The van der Waals surface area contributed by atoms with E-state index in [2.05, 4.69) is 34.5 Å². The molecule has 0 amide bonds. The Kier molecular flexibility index (Phi) is 5.83. The van der Waals surface area contributed by atoms with Gasteiger partial charge in [0.25, 0.3) is 0 Å². The van der Waals surface area contributed by atoms with Gasteiger partial charge in [0.15, 0.2) is 5.96 Å². The third kappa shape index (κ3) is 4.78. The summed E-state index contributed by atoms with van der Waals surface area (Å²) in [4.78, 5) is 9.97. The van der Waals surface area contributed by atoms with Gasteiger partial charge < -0.3 is 10.6 Å². The van der Waals surface area contributed by atoms with Crippen LogP contribution in [0.5, 0.6) is 0 Å². The van der Waals surface area contributed by atoms with E-state index in [-0.39, 0.29) is 0 Å². The maximum atomic E-state index is 4.38. The summed E-state index contributed by atoms with van der Waals surface area (Å²) in [7, 11) is 1.84. The molecule has 0 atom stereocenters. The van der Waals surface area contributed by atoms with Gasteiger partial charge in [-0.2, -0.15) is 0 Å². The van der Waals surface area contributed by atoms with Gasteiger partial charge in [-0.15, -0.1) is 11.3 Å². The summed E-state index contributed by atoms with van der Waals surface area (Å²) in [5.74, 6) is 1.81. The van der Waals surface area contributed by atoms with E-state index in [9.17, 15) is 0 Å². The first-order valence-electron chi connectivity index (χ1n) is 7.56. The highest BCUT2D eigenvalue weighted by Gasteiger charge is 2.18. The van der Waals surface area contributed by atoms with E-state index >= 15 is 0 Å². The fraction of sp³-hybridized carbons (Fsp3) is 0.733. The number of thiazole rings is 1. The number of nitrogens with one attached hydrogen (secondary N) is 2. The highest BCUT2D eigenvalue weighted by atomic mass is 32.1. The predicted molar refractivity (Wildman–Crippen MR) is 86.5 cm³/mol. The lowest BCUT2D eigenvalue weighted by Crippen LogP contribution is -2.45. The summed E-state index contributed by atoms with van der Waals surface area (Å²) >= 11 is 1.77. The third-order valence-corrected chi connectivity index (χ3v) is 4.85. The van der Waals surface area contributed by atoms with Crippen LogP contribution in [0.25, 0.3) is 0 Å². The summed E-state index contributed by atoms with van der Waals surface area (Å²) in [5, 5.41) is 8.12. The van der Waals surface area contributed by atoms with Gasteiger partial charge in [0.1, 0.15) is 0 Å². The third-order valence-electron chi connectivity index (χ3n) is 3.88. The van der Waals surface area contributed by atoms with Crippen molar-refractivity contribution in [3.63, 3.8) is 0 Å². The van der Waals surface area contributed by atoms with Crippen molar-refractivity contribution < 1.29 is 0 Å². The molecule has 1 fully saturated rings. The summed E-state index contributed by atoms with van der Waals surface area (Å²) in [6, 6.07) is 0.583. The fourth-order valence-corrected chi connectivity index (χ4v) is 3.38. The highest BCUT2D eigenvalue weighted by molar-refractivity contribution is 7.11. The SMILES string of the molecule is CN=C(NCCc1ncc(C)s1)NC1CCC(C)CC1. The van der Waals surface area contributed by atoms with E-state index in [1.54, 1.807) is 11.3 Å². The van der Waals surface area contributed by atoms with Gasteiger partial charge in [-0.25, -0.2) is 4.98 Å². The lowest BCUT2D eigenvalue weighted by atomic mass is 9.87. The zero-order valence-electron chi connectivity index (χ0n) is 12.8. The summed E-state index contributed by atoms with van der Waals surface area (Å²) < 4.78 is 0. The van der Waals surface area contributed by atoms with Crippen LogP contribution in [0.3, 0.4) is 0 Å². The molecule has 5 heteroatoms. The van der Waals surface area contributed by atoms with Crippen LogP contribution in [0.15, 0.2) is 11.2 Å². The maximum Gasteiger partial charge on any atom is 0.191 e. The van der Waals surface area contributed by atoms with Crippen LogP contribution in [-0.2, 0) is 6.42 Å². The molecule has 1 saturated carbocycles. The zero-order chi connectivity index (χ0) is 14.4. The van der Waals surface area contributed by atoms with Crippen molar-refractivity contribution in [3.05, 3.63) is 16.1 Å². The van der Waals surface area contributed by atoms with Crippen molar-refractivity contribution >= 4 is 17.3 Å². The standard InChI is InChI=1S/C15H26N4S/c1-11-4-6-13(7-5-11)19-15(16-3)17-9-8-14-18-10-12(2)20-14/h10-11,13H,4-9H2,1-3H3,(H2,16,17,19). The normalized spacial score (nSPS) is 23.6. The minimum absolute atomic E-state index is 0.583. The molecule has 0 bridgehead atoms. The van der Waals surface area contributed by atoms with Gasteiger partial charge in [0, 0.05) is 37.1 Å². The van der Waals surface area contributed by atoms with E-state index in [1.807, 2.05) is 13.2 Å². The average molecular weight is 294 g/mol. The molecule has 2 rings (SSSR count). The maximum absolute atomic E-state index is 4.38. The molecule has 0 aliphatic heterocycles. The first kappa shape index (κ1) is 15.3. The molecule has 0 saturated heterocycles. The largest absolute Gasteiger partial charge is 0.356 e. The summed E-state index contributed by atoms with van der Waals surface area (Å²) in [6.45, 7) is 5.33. The monoisotopic (exact) mass is 294 g/mol. The number of hydrogen-bond donors (Lipinski definition) is 2. The molecule has 1 aromatic rings. The van der Waals surface area contributed by atoms with Crippen LogP contribution in [0, 0.1) is 12.8 Å². The van der Waals surface area contributed by atoms with Crippen molar-refractivity contribution in [3.8, 4) is 0 Å². The van der Waals surface area contributed by atoms with Crippen LogP contribution in [0.2, 0.25) is 0 Å². The van der Waals surface area contributed by atoms with Gasteiger partial charge in [0.05, 0.1) is 5.01 Å². The second kappa shape index (κ2) is 7.62. The molecular weight excluding hydrogens is 268 g/mol. The Morgan fingerprint density at radius 3 is 2.75 bits per heavy atom. The minimum atomic E-state index is 0.583. The Morgan fingerprint density at radius 2 is 2.15 bits per heavy atom. The Balaban J connectivity index is 1.70. The van der Waals surface area contributed by atoms with Crippen molar-refractivity contribution in [1.29, 1.82) is 0 Å². The van der Waals surface area contributed by atoms with Crippen LogP contribution >= 0.6 is 11.3 Å². The van der Waals surface area contributed by atoms with E-state index in [0.29, 0.717) is 6.04 Å². The van der Waals surface area contributed by atoms with Gasteiger partial charge in [0.2, 0.25) is 0 Å². The minimum Gasteiger partial charge on any atom is -0.356 e. The molecule has 2 N–H and O–H groups in total. The molecule has 0 spiro atoms. The summed E-state index contributed by atoms with van der Waals surface area (Å²) in [5.41, 5.74) is 0. The van der Waals surface area contributed by atoms with Crippen LogP contribution in [0.4, 0.5) is 0 Å². The lowest BCUT2D eigenvalue weighted by Gasteiger charge is -2.28. The fourth-order valence-electron chi connectivity index (χ4n) is 2.60. The first-order valence-corrected chi connectivity index (χ1v) is 8.37. The number of aliphatic imine (C=N–C) groups is 1. The second-order valence-corrected chi connectivity index (χ2v) is 7.03. The topological polar surface area (TPSA) is 49.3 Å². The quantitative estimate of drug-likeness (QED) is 0.663. The number of rotatable bonds is 4. The van der Waals surface area contributed by atoms with Crippen LogP contribution < -0.4 is 10.6 Å². The van der Waals surface area contributed by atoms with Gasteiger partial charge in [-0.1, -0.05) is 6.92 Å². The Morgan fingerprint density at radius 1 is 1.40 bits per heavy atom. The lowest BCUT2D eigenvalue weighted by molar-refractivity contribution is 0.329. The first-order chi connectivity index (χ1) is 9.67. The predicted octanol–water partition coefficient (Wildman–Crippen LogP) is 2.74. The van der Waals surface area contributed by atoms with Crippen LogP contribution in [-0.4, -0.2) is 30.6 Å². The molecule has 4 nitrogen and oxygen atoms in total. The molecule has 1 aliphatic rings. The van der Waals surface area contributed by atoms with Crippen molar-refractivity contribution in [1.82, 2.24) is 15.6 Å². The van der Waals surface area contributed by atoms with E-state index in [1.165, 1.54) is 35.6 Å². The smallest absolute Gasteiger partial charge is 0.191 e. The molecule has 112 valence electrons. The van der Waals surface area contributed by atoms with Crippen LogP contribution in [0.1, 0.15) is 42.5 Å². The number of aryl methyl sites for hydroxylation is 1. The second-order valence-electron chi connectivity index (χ2n) is 5.71. The van der Waals surface area contributed by atoms with Gasteiger partial charge in [-0.05, 0) is 38.5 Å². The highest BCUT2D eigenvalue weighted by Crippen LogP contribution is 2.23.